The van der Waals surface area contributed by atoms with Crippen molar-refractivity contribution < 1.29 is 18.0 Å². The van der Waals surface area contributed by atoms with Crippen molar-refractivity contribution in [2.45, 2.75) is 57.7 Å². The number of alkyl halides is 3. The number of piperidine rings is 1. The summed E-state index contributed by atoms with van der Waals surface area (Å²) in [7, 11) is 0. The molecular formula is C17H24F3N3O. The van der Waals surface area contributed by atoms with Gasteiger partial charge in [-0.2, -0.15) is 13.2 Å². The first-order valence-electron chi connectivity index (χ1n) is 8.71. The number of imidazole rings is 1. The van der Waals surface area contributed by atoms with Crippen LogP contribution in [0.2, 0.25) is 0 Å². The largest absolute Gasteiger partial charge is 0.391 e. The van der Waals surface area contributed by atoms with Gasteiger partial charge in [0.2, 0.25) is 5.91 Å². The van der Waals surface area contributed by atoms with E-state index in [2.05, 4.69) is 9.55 Å². The summed E-state index contributed by atoms with van der Waals surface area (Å²) in [6, 6.07) is 0.173. The lowest BCUT2D eigenvalue weighted by atomic mass is 9.80. The SMILES string of the molecule is Cc1nccn1[C@@H]1CCCN(C(=O)[C@H]2CCC[C@@H](C(F)(F)F)C2)C1. The Morgan fingerprint density at radius 1 is 1.25 bits per heavy atom. The number of aryl methyl sites for hydroxylation is 1. The van der Waals surface area contributed by atoms with E-state index in [1.165, 1.54) is 0 Å². The summed E-state index contributed by atoms with van der Waals surface area (Å²) < 4.78 is 41.0. The van der Waals surface area contributed by atoms with E-state index in [1.54, 1.807) is 11.1 Å². The molecule has 2 aliphatic rings. The van der Waals surface area contributed by atoms with Gasteiger partial charge in [0.15, 0.2) is 0 Å². The molecule has 3 atom stereocenters. The van der Waals surface area contributed by atoms with Crippen LogP contribution in [0.4, 0.5) is 13.2 Å². The van der Waals surface area contributed by atoms with Crippen molar-refractivity contribution in [1.82, 2.24) is 14.5 Å². The summed E-state index contributed by atoms with van der Waals surface area (Å²) in [6.45, 7) is 3.15. The zero-order valence-corrected chi connectivity index (χ0v) is 13.9. The second kappa shape index (κ2) is 6.76. The van der Waals surface area contributed by atoms with Gasteiger partial charge in [-0.25, -0.2) is 4.98 Å². The Balaban J connectivity index is 1.65. The molecule has 2 heterocycles. The maximum Gasteiger partial charge on any atom is 0.391 e. The Hall–Kier alpha value is -1.53. The molecular weight excluding hydrogens is 319 g/mol. The van der Waals surface area contributed by atoms with E-state index in [-0.39, 0.29) is 24.8 Å². The normalized spacial score (nSPS) is 28.8. The molecule has 0 radical (unpaired) electrons. The minimum atomic E-state index is -4.18. The minimum Gasteiger partial charge on any atom is -0.340 e. The third-order valence-corrected chi connectivity index (χ3v) is 5.45. The molecule has 1 aliphatic heterocycles. The average molecular weight is 343 g/mol. The summed E-state index contributed by atoms with van der Waals surface area (Å²) in [5.74, 6) is -0.986. The molecule has 1 aliphatic carbocycles. The molecule has 1 saturated carbocycles. The second-order valence-electron chi connectivity index (χ2n) is 7.06. The number of carbonyl (C=O) groups is 1. The molecule has 4 nitrogen and oxygen atoms in total. The first kappa shape index (κ1) is 17.3. The molecule has 2 fully saturated rings. The predicted octanol–water partition coefficient (Wildman–Crippen LogP) is 3.72. The smallest absolute Gasteiger partial charge is 0.340 e. The fourth-order valence-electron chi connectivity index (χ4n) is 4.13. The number of rotatable bonds is 2. The van der Waals surface area contributed by atoms with Crippen molar-refractivity contribution in [3.8, 4) is 0 Å². The topological polar surface area (TPSA) is 38.1 Å². The van der Waals surface area contributed by atoms with Crippen LogP contribution in [-0.4, -0.2) is 39.6 Å². The number of aromatic nitrogens is 2. The van der Waals surface area contributed by atoms with Crippen molar-refractivity contribution in [1.29, 1.82) is 0 Å². The van der Waals surface area contributed by atoms with Crippen molar-refractivity contribution in [2.24, 2.45) is 11.8 Å². The Morgan fingerprint density at radius 3 is 2.71 bits per heavy atom. The van der Waals surface area contributed by atoms with Crippen LogP contribution >= 0.6 is 0 Å². The lowest BCUT2D eigenvalue weighted by Crippen LogP contribution is -2.45. The maximum absolute atomic E-state index is 13.0. The van der Waals surface area contributed by atoms with Gasteiger partial charge in [0.05, 0.1) is 12.0 Å². The Morgan fingerprint density at radius 2 is 2.04 bits per heavy atom. The van der Waals surface area contributed by atoms with Crippen LogP contribution < -0.4 is 0 Å². The molecule has 1 aromatic heterocycles. The fraction of sp³-hybridized carbons (Fsp3) is 0.765. The molecule has 134 valence electrons. The van der Waals surface area contributed by atoms with Crippen molar-refractivity contribution in [3.05, 3.63) is 18.2 Å². The molecule has 0 unspecified atom stereocenters. The molecule has 3 rings (SSSR count). The predicted molar refractivity (Wildman–Crippen MR) is 83.3 cm³/mol. The van der Waals surface area contributed by atoms with Gasteiger partial charge in [-0.15, -0.1) is 0 Å². The summed E-state index contributed by atoms with van der Waals surface area (Å²) >= 11 is 0. The van der Waals surface area contributed by atoms with Crippen LogP contribution in [0.15, 0.2) is 12.4 Å². The van der Waals surface area contributed by atoms with Crippen molar-refractivity contribution >= 4 is 5.91 Å². The van der Waals surface area contributed by atoms with Gasteiger partial charge in [0.1, 0.15) is 5.82 Å². The zero-order chi connectivity index (χ0) is 17.3. The highest BCUT2D eigenvalue weighted by atomic mass is 19.4. The zero-order valence-electron chi connectivity index (χ0n) is 13.9. The second-order valence-corrected chi connectivity index (χ2v) is 7.06. The van der Waals surface area contributed by atoms with Gasteiger partial charge in [-0.1, -0.05) is 6.42 Å². The van der Waals surface area contributed by atoms with Gasteiger partial charge >= 0.3 is 6.18 Å². The molecule has 1 saturated heterocycles. The number of carbonyl (C=O) groups excluding carboxylic acids is 1. The van der Waals surface area contributed by atoms with Crippen LogP contribution in [0.5, 0.6) is 0 Å². The Kier molecular flexibility index (Phi) is 4.88. The van der Waals surface area contributed by atoms with Crippen molar-refractivity contribution in [2.75, 3.05) is 13.1 Å². The summed E-state index contributed by atoms with van der Waals surface area (Å²) in [5.41, 5.74) is 0. The Bertz CT molecular complexity index is 584. The van der Waals surface area contributed by atoms with Gasteiger partial charge in [0.25, 0.3) is 0 Å². The highest BCUT2D eigenvalue weighted by Gasteiger charge is 2.44. The lowest BCUT2D eigenvalue weighted by Gasteiger charge is -2.38. The van der Waals surface area contributed by atoms with Crippen LogP contribution in [-0.2, 0) is 4.79 Å². The monoisotopic (exact) mass is 343 g/mol. The fourth-order valence-corrected chi connectivity index (χ4v) is 4.13. The molecule has 0 N–H and O–H groups in total. The number of hydrogen-bond acceptors (Lipinski definition) is 2. The van der Waals surface area contributed by atoms with E-state index < -0.39 is 18.0 Å². The summed E-state index contributed by atoms with van der Waals surface area (Å²) in [6.07, 6.45) is 2.49. The standard InChI is InChI=1S/C17H24F3N3O/c1-12-21-7-9-23(12)15-6-3-8-22(11-15)16(24)13-4-2-5-14(10-13)17(18,19)20/h7,9,13-15H,2-6,8,10-11H2,1H3/t13-,14+,15+/m0/s1. The van der Waals surface area contributed by atoms with Gasteiger partial charge < -0.3 is 9.47 Å². The highest BCUT2D eigenvalue weighted by molar-refractivity contribution is 5.79. The van der Waals surface area contributed by atoms with Crippen LogP contribution in [0, 0.1) is 18.8 Å². The molecule has 0 bridgehead atoms. The number of halogens is 3. The van der Waals surface area contributed by atoms with E-state index in [1.807, 2.05) is 13.1 Å². The van der Waals surface area contributed by atoms with E-state index in [0.717, 1.165) is 18.7 Å². The molecule has 1 aromatic rings. The van der Waals surface area contributed by atoms with E-state index in [0.29, 0.717) is 25.9 Å². The minimum absolute atomic E-state index is 0.0480. The number of nitrogens with zero attached hydrogens (tertiary/aromatic N) is 3. The highest BCUT2D eigenvalue weighted by Crippen LogP contribution is 2.40. The van der Waals surface area contributed by atoms with Crippen molar-refractivity contribution in [3.63, 3.8) is 0 Å². The Labute approximate surface area is 140 Å². The van der Waals surface area contributed by atoms with Gasteiger partial charge in [-0.05, 0) is 39.0 Å². The molecule has 0 spiro atoms. The van der Waals surface area contributed by atoms with Gasteiger partial charge in [-0.3, -0.25) is 4.79 Å². The average Bonchev–Trinajstić information content (AvgIpc) is 3.00. The van der Waals surface area contributed by atoms with Gasteiger partial charge in [0, 0.05) is 31.4 Å². The van der Waals surface area contributed by atoms with E-state index in [4.69, 9.17) is 0 Å². The molecule has 7 heteroatoms. The van der Waals surface area contributed by atoms with Crippen LogP contribution in [0.1, 0.15) is 50.4 Å². The number of hydrogen-bond donors (Lipinski definition) is 0. The summed E-state index contributed by atoms with van der Waals surface area (Å²) in [5, 5.41) is 0. The quantitative estimate of drug-likeness (QED) is 0.821. The molecule has 1 amide bonds. The third-order valence-electron chi connectivity index (χ3n) is 5.45. The van der Waals surface area contributed by atoms with E-state index in [9.17, 15) is 18.0 Å². The summed E-state index contributed by atoms with van der Waals surface area (Å²) in [4.78, 5) is 18.8. The number of amides is 1. The first-order chi connectivity index (χ1) is 11.4. The van der Waals surface area contributed by atoms with Crippen LogP contribution in [0.3, 0.4) is 0 Å². The molecule has 24 heavy (non-hydrogen) atoms. The number of likely N-dealkylation sites (tertiary alicyclic amines) is 1. The molecule has 0 aromatic carbocycles. The van der Waals surface area contributed by atoms with Crippen LogP contribution in [0.25, 0.3) is 0 Å². The maximum atomic E-state index is 13.0. The first-order valence-corrected chi connectivity index (χ1v) is 8.71. The third kappa shape index (κ3) is 3.59. The van der Waals surface area contributed by atoms with E-state index >= 15 is 0 Å². The lowest BCUT2D eigenvalue weighted by molar-refractivity contribution is -0.187.